The third-order valence-electron chi connectivity index (χ3n) is 6.84. The van der Waals surface area contributed by atoms with Gasteiger partial charge in [0.25, 0.3) is 11.1 Å². The van der Waals surface area contributed by atoms with Crippen molar-refractivity contribution in [2.45, 2.75) is 13.3 Å². The lowest BCUT2D eigenvalue weighted by Crippen LogP contribution is -2.28. The van der Waals surface area contributed by atoms with Crippen LogP contribution >= 0.6 is 11.3 Å². The predicted octanol–water partition coefficient (Wildman–Crippen LogP) is 4.38. The van der Waals surface area contributed by atoms with Gasteiger partial charge in [0.05, 0.1) is 17.3 Å². The molecule has 0 fully saturated rings. The first kappa shape index (κ1) is 27.8. The van der Waals surface area contributed by atoms with E-state index in [1.807, 2.05) is 85.9 Å². The fourth-order valence-electron chi connectivity index (χ4n) is 4.67. The minimum atomic E-state index is -0.463. The lowest BCUT2D eigenvalue weighted by Gasteiger charge is -2.08. The maximum absolute atomic E-state index is 13.5. The van der Waals surface area contributed by atoms with Crippen molar-refractivity contribution in [2.24, 2.45) is 0 Å². The molecule has 0 unspecified atom stereocenters. The summed E-state index contributed by atoms with van der Waals surface area (Å²) in [5.41, 5.74) is 4.34. The molecule has 0 aliphatic carbocycles. The van der Waals surface area contributed by atoms with Gasteiger partial charge in [-0.3, -0.25) is 9.59 Å². The van der Waals surface area contributed by atoms with Gasteiger partial charge in [0, 0.05) is 23.7 Å². The normalized spacial score (nSPS) is 11.6. The number of thiazole rings is 1. The largest absolute Gasteiger partial charge is 0.497 e. The van der Waals surface area contributed by atoms with E-state index in [1.165, 1.54) is 4.52 Å². The first-order valence-electron chi connectivity index (χ1n) is 13.5. The Labute approximate surface area is 250 Å². The van der Waals surface area contributed by atoms with Crippen molar-refractivity contribution in [1.29, 1.82) is 0 Å². The molecule has 3 heterocycles. The maximum atomic E-state index is 13.5. The molecule has 6 rings (SSSR count). The van der Waals surface area contributed by atoms with Gasteiger partial charge in [-0.05, 0) is 66.6 Å². The lowest BCUT2D eigenvalue weighted by molar-refractivity contribution is 0.361. The van der Waals surface area contributed by atoms with Gasteiger partial charge in [-0.2, -0.15) is 19.7 Å². The van der Waals surface area contributed by atoms with E-state index < -0.39 is 5.56 Å². The second kappa shape index (κ2) is 11.9. The van der Waals surface area contributed by atoms with Crippen molar-refractivity contribution < 1.29 is 9.47 Å². The van der Waals surface area contributed by atoms with E-state index in [2.05, 4.69) is 16.7 Å². The number of aromatic nitrogens is 5. The van der Waals surface area contributed by atoms with E-state index in [0.29, 0.717) is 22.6 Å². The number of hydrogen-bond donors (Lipinski definition) is 0. The SMILES string of the molecule is C=CCOc1ccc(-c2nn(-c3ccccc3)cc2C=c2sc3nc(=O)c(Cc4ccc(OC)cc4)nn3c2=O)cc1C. The number of benzene rings is 3. The molecule has 0 amide bonds. The zero-order chi connectivity index (χ0) is 29.9. The summed E-state index contributed by atoms with van der Waals surface area (Å²) >= 11 is 1.11. The van der Waals surface area contributed by atoms with Crippen LogP contribution in [0.5, 0.6) is 11.5 Å². The Morgan fingerprint density at radius 2 is 1.79 bits per heavy atom. The molecule has 0 aliphatic rings. The number of methoxy groups -OCH3 is 1. The van der Waals surface area contributed by atoms with Gasteiger partial charge in [-0.1, -0.05) is 54.3 Å². The Hall–Kier alpha value is -5.35. The predicted molar refractivity (Wildman–Crippen MR) is 167 cm³/mol. The van der Waals surface area contributed by atoms with Crippen molar-refractivity contribution in [3.63, 3.8) is 0 Å². The van der Waals surface area contributed by atoms with Crippen molar-refractivity contribution in [3.8, 4) is 28.4 Å². The van der Waals surface area contributed by atoms with Crippen LogP contribution in [-0.2, 0) is 6.42 Å². The highest BCUT2D eigenvalue weighted by atomic mass is 32.1. The van der Waals surface area contributed by atoms with Crippen LogP contribution in [0.4, 0.5) is 0 Å². The minimum Gasteiger partial charge on any atom is -0.497 e. The molecule has 0 bridgehead atoms. The summed E-state index contributed by atoms with van der Waals surface area (Å²) in [4.78, 5) is 30.8. The first-order valence-corrected chi connectivity index (χ1v) is 14.3. The molecule has 43 heavy (non-hydrogen) atoms. The standard InChI is InChI=1S/C33H27N5O4S/c1-4-16-42-28-15-12-23(17-21(28)2)30-24(20-37(36-30)25-8-6-5-7-9-25)19-29-32(40)38-33(43-29)34-31(39)27(35-38)18-22-10-13-26(41-3)14-11-22/h4-15,17,19-20H,1,16,18H2,2-3H3. The van der Waals surface area contributed by atoms with E-state index in [0.717, 1.165) is 45.0 Å². The fraction of sp³-hybridized carbons (Fsp3) is 0.121. The van der Waals surface area contributed by atoms with Gasteiger partial charge < -0.3 is 9.47 Å². The van der Waals surface area contributed by atoms with Gasteiger partial charge in [0.15, 0.2) is 0 Å². The number of fused-ring (bicyclic) bond motifs is 1. The fourth-order valence-corrected chi connectivity index (χ4v) is 5.56. The zero-order valence-electron chi connectivity index (χ0n) is 23.6. The molecular weight excluding hydrogens is 562 g/mol. The molecule has 6 aromatic rings. The van der Waals surface area contributed by atoms with E-state index in [4.69, 9.17) is 14.6 Å². The average molecular weight is 590 g/mol. The van der Waals surface area contributed by atoms with Gasteiger partial charge in [0.2, 0.25) is 4.96 Å². The molecule has 3 aromatic carbocycles. The molecule has 0 radical (unpaired) electrons. The Morgan fingerprint density at radius 1 is 1.00 bits per heavy atom. The van der Waals surface area contributed by atoms with Crippen LogP contribution in [0.3, 0.4) is 0 Å². The zero-order valence-corrected chi connectivity index (χ0v) is 24.4. The molecule has 0 N–H and O–H groups in total. The Bertz CT molecular complexity index is 2120. The number of aryl methyl sites for hydroxylation is 1. The molecule has 0 saturated heterocycles. The van der Waals surface area contributed by atoms with Crippen LogP contribution in [0.2, 0.25) is 0 Å². The number of ether oxygens (including phenoxy) is 2. The van der Waals surface area contributed by atoms with Crippen LogP contribution in [0, 0.1) is 6.92 Å². The smallest absolute Gasteiger partial charge is 0.296 e. The van der Waals surface area contributed by atoms with Crippen molar-refractivity contribution >= 4 is 22.4 Å². The number of hydrogen-bond acceptors (Lipinski definition) is 8. The molecule has 214 valence electrons. The van der Waals surface area contributed by atoms with Crippen molar-refractivity contribution in [3.05, 3.63) is 139 Å². The monoisotopic (exact) mass is 589 g/mol. The summed E-state index contributed by atoms with van der Waals surface area (Å²) in [7, 11) is 1.59. The highest BCUT2D eigenvalue weighted by molar-refractivity contribution is 7.15. The van der Waals surface area contributed by atoms with Crippen molar-refractivity contribution in [2.75, 3.05) is 13.7 Å². The summed E-state index contributed by atoms with van der Waals surface area (Å²) < 4.78 is 14.3. The molecule has 0 atom stereocenters. The Kier molecular flexibility index (Phi) is 7.67. The van der Waals surface area contributed by atoms with Gasteiger partial charge in [-0.15, -0.1) is 0 Å². The molecule has 0 saturated carbocycles. The third kappa shape index (κ3) is 5.73. The highest BCUT2D eigenvalue weighted by Crippen LogP contribution is 2.29. The van der Waals surface area contributed by atoms with Gasteiger partial charge in [-0.25, -0.2) is 4.68 Å². The van der Waals surface area contributed by atoms with Crippen molar-refractivity contribution in [1.82, 2.24) is 24.4 Å². The molecular formula is C33H27N5O4S. The summed E-state index contributed by atoms with van der Waals surface area (Å²) in [5.74, 6) is 1.47. The maximum Gasteiger partial charge on any atom is 0.296 e. The molecule has 3 aromatic heterocycles. The number of para-hydroxylation sites is 1. The van der Waals surface area contributed by atoms with Crippen LogP contribution in [0.1, 0.15) is 22.4 Å². The summed E-state index contributed by atoms with van der Waals surface area (Å²) in [6, 6.07) is 22.9. The minimum absolute atomic E-state index is 0.191. The highest BCUT2D eigenvalue weighted by Gasteiger charge is 2.16. The van der Waals surface area contributed by atoms with Gasteiger partial charge >= 0.3 is 0 Å². The van der Waals surface area contributed by atoms with Crippen LogP contribution < -0.4 is 25.1 Å². The topological polar surface area (TPSA) is 101 Å². The van der Waals surface area contributed by atoms with Crippen LogP contribution in [0.15, 0.2) is 101 Å². The number of nitrogens with zero attached hydrogens (tertiary/aromatic N) is 5. The summed E-state index contributed by atoms with van der Waals surface area (Å²) in [5, 5.41) is 9.28. The van der Waals surface area contributed by atoms with E-state index in [-0.39, 0.29) is 22.6 Å². The Morgan fingerprint density at radius 3 is 2.51 bits per heavy atom. The molecule has 0 spiro atoms. The molecule has 0 aliphatic heterocycles. The molecule has 10 heteroatoms. The quantitative estimate of drug-likeness (QED) is 0.231. The molecule has 9 nitrogen and oxygen atoms in total. The average Bonchev–Trinajstić information content (AvgIpc) is 3.58. The first-order chi connectivity index (χ1) is 20.9. The second-order valence-corrected chi connectivity index (χ2v) is 10.8. The van der Waals surface area contributed by atoms with Crippen LogP contribution in [0.25, 0.3) is 28.0 Å². The Balaban J connectivity index is 1.44. The van der Waals surface area contributed by atoms with E-state index in [1.54, 1.807) is 23.9 Å². The van der Waals surface area contributed by atoms with Gasteiger partial charge in [0.1, 0.15) is 29.5 Å². The van der Waals surface area contributed by atoms with E-state index >= 15 is 0 Å². The van der Waals surface area contributed by atoms with Crippen LogP contribution in [-0.4, -0.2) is 38.1 Å². The lowest BCUT2D eigenvalue weighted by atomic mass is 10.0. The third-order valence-corrected chi connectivity index (χ3v) is 7.80. The van der Waals surface area contributed by atoms with E-state index in [9.17, 15) is 9.59 Å². The summed E-state index contributed by atoms with van der Waals surface area (Å²) in [6.07, 6.45) is 5.60. The second-order valence-electron chi connectivity index (χ2n) is 9.79. The number of rotatable bonds is 9. The summed E-state index contributed by atoms with van der Waals surface area (Å²) in [6.45, 7) is 6.09.